The molecule has 4 unspecified atom stereocenters. The third-order valence-corrected chi connectivity index (χ3v) is 4.12. The number of hydrogen-bond acceptors (Lipinski definition) is 3. The van der Waals surface area contributed by atoms with Gasteiger partial charge in [0.15, 0.2) is 0 Å². The number of rotatable bonds is 6. The lowest BCUT2D eigenvalue weighted by Crippen LogP contribution is -2.24. The lowest BCUT2D eigenvalue weighted by Gasteiger charge is -2.20. The summed E-state index contributed by atoms with van der Waals surface area (Å²) in [5.41, 5.74) is 0. The lowest BCUT2D eigenvalue weighted by atomic mass is 10.1. The van der Waals surface area contributed by atoms with Crippen molar-refractivity contribution in [1.82, 2.24) is 0 Å². The molecule has 0 saturated heterocycles. The molecule has 0 spiro atoms. The summed E-state index contributed by atoms with van der Waals surface area (Å²) >= 11 is 3.61. The summed E-state index contributed by atoms with van der Waals surface area (Å²) < 4.78 is 11.0. The Morgan fingerprint density at radius 3 is 2.71 bits per heavy atom. The van der Waals surface area contributed by atoms with E-state index in [9.17, 15) is 4.79 Å². The molecule has 1 aliphatic rings. The SMILES string of the molecule is CCCC(C)OC1CC(C(=O)OCC)CC1Br. The van der Waals surface area contributed by atoms with Gasteiger partial charge in [-0.2, -0.15) is 0 Å². The molecular weight excluding hydrogens is 284 g/mol. The zero-order chi connectivity index (χ0) is 12.8. The first kappa shape index (κ1) is 15.0. The van der Waals surface area contributed by atoms with Crippen LogP contribution in [-0.4, -0.2) is 29.6 Å². The molecule has 0 radical (unpaired) electrons. The minimum atomic E-state index is -0.0776. The zero-order valence-electron chi connectivity index (χ0n) is 10.9. The minimum Gasteiger partial charge on any atom is -0.466 e. The molecule has 0 heterocycles. The lowest BCUT2D eigenvalue weighted by molar-refractivity contribution is -0.148. The summed E-state index contributed by atoms with van der Waals surface area (Å²) in [5, 5.41) is 0. The van der Waals surface area contributed by atoms with Gasteiger partial charge in [0.25, 0.3) is 0 Å². The smallest absolute Gasteiger partial charge is 0.309 e. The molecule has 0 aromatic rings. The van der Waals surface area contributed by atoms with Crippen LogP contribution in [0.3, 0.4) is 0 Å². The van der Waals surface area contributed by atoms with E-state index in [0.29, 0.717) is 6.61 Å². The van der Waals surface area contributed by atoms with Gasteiger partial charge in [-0.1, -0.05) is 29.3 Å². The highest BCUT2D eigenvalue weighted by Crippen LogP contribution is 2.35. The van der Waals surface area contributed by atoms with Crippen LogP contribution in [0.1, 0.15) is 46.5 Å². The van der Waals surface area contributed by atoms with E-state index in [-0.39, 0.29) is 28.9 Å². The molecule has 17 heavy (non-hydrogen) atoms. The molecule has 3 nitrogen and oxygen atoms in total. The highest BCUT2D eigenvalue weighted by Gasteiger charge is 2.38. The van der Waals surface area contributed by atoms with Crippen molar-refractivity contribution in [2.75, 3.05) is 6.61 Å². The number of carbonyl (C=O) groups is 1. The number of ether oxygens (including phenoxy) is 2. The summed E-state index contributed by atoms with van der Waals surface area (Å²) in [6.07, 6.45) is 4.21. The third kappa shape index (κ3) is 4.59. The van der Waals surface area contributed by atoms with Crippen LogP contribution in [0, 0.1) is 5.92 Å². The Bertz CT molecular complexity index is 245. The quantitative estimate of drug-likeness (QED) is 0.558. The minimum absolute atomic E-state index is 0.00171. The molecule has 1 fully saturated rings. The van der Waals surface area contributed by atoms with E-state index in [4.69, 9.17) is 9.47 Å². The molecule has 0 aromatic carbocycles. The van der Waals surface area contributed by atoms with Crippen LogP contribution in [0.4, 0.5) is 0 Å². The number of carbonyl (C=O) groups excluding carboxylic acids is 1. The van der Waals surface area contributed by atoms with Crippen molar-refractivity contribution in [2.24, 2.45) is 5.92 Å². The molecule has 0 N–H and O–H groups in total. The Labute approximate surface area is 112 Å². The second kappa shape index (κ2) is 7.37. The summed E-state index contributed by atoms with van der Waals surface area (Å²) in [5.74, 6) is -0.0793. The van der Waals surface area contributed by atoms with Crippen LogP contribution < -0.4 is 0 Å². The first-order chi connectivity index (χ1) is 8.08. The Kier molecular flexibility index (Phi) is 6.49. The third-order valence-electron chi connectivity index (χ3n) is 3.15. The van der Waals surface area contributed by atoms with E-state index in [0.717, 1.165) is 25.7 Å². The Morgan fingerprint density at radius 2 is 2.12 bits per heavy atom. The van der Waals surface area contributed by atoms with Gasteiger partial charge in [0.05, 0.1) is 24.7 Å². The van der Waals surface area contributed by atoms with Crippen molar-refractivity contribution in [2.45, 2.75) is 63.5 Å². The first-order valence-corrected chi connectivity index (χ1v) is 7.46. The van der Waals surface area contributed by atoms with E-state index in [1.165, 1.54) is 0 Å². The summed E-state index contributed by atoms with van der Waals surface area (Å²) in [6, 6.07) is 0. The largest absolute Gasteiger partial charge is 0.466 e. The van der Waals surface area contributed by atoms with E-state index in [1.807, 2.05) is 6.92 Å². The molecule has 1 aliphatic carbocycles. The summed E-state index contributed by atoms with van der Waals surface area (Å²) in [7, 11) is 0. The average Bonchev–Trinajstić information content (AvgIpc) is 2.61. The number of halogens is 1. The van der Waals surface area contributed by atoms with Gasteiger partial charge in [0.2, 0.25) is 0 Å². The Hall–Kier alpha value is -0.0900. The Balaban J connectivity index is 2.41. The van der Waals surface area contributed by atoms with Crippen LogP contribution in [0.15, 0.2) is 0 Å². The van der Waals surface area contributed by atoms with Gasteiger partial charge in [0, 0.05) is 4.83 Å². The van der Waals surface area contributed by atoms with Crippen molar-refractivity contribution in [1.29, 1.82) is 0 Å². The van der Waals surface area contributed by atoms with E-state index >= 15 is 0 Å². The van der Waals surface area contributed by atoms with Crippen LogP contribution in [0.25, 0.3) is 0 Å². The highest BCUT2D eigenvalue weighted by molar-refractivity contribution is 9.09. The van der Waals surface area contributed by atoms with Crippen molar-refractivity contribution < 1.29 is 14.3 Å². The molecule has 100 valence electrons. The average molecular weight is 307 g/mol. The zero-order valence-corrected chi connectivity index (χ0v) is 12.5. The Morgan fingerprint density at radius 1 is 1.41 bits per heavy atom. The molecule has 0 bridgehead atoms. The van der Waals surface area contributed by atoms with E-state index in [1.54, 1.807) is 0 Å². The van der Waals surface area contributed by atoms with Crippen molar-refractivity contribution in [3.63, 3.8) is 0 Å². The molecule has 4 atom stereocenters. The first-order valence-electron chi connectivity index (χ1n) is 6.54. The van der Waals surface area contributed by atoms with Crippen molar-refractivity contribution in [3.8, 4) is 0 Å². The molecule has 0 amide bonds. The molecule has 0 aromatic heterocycles. The molecular formula is C13H23BrO3. The highest BCUT2D eigenvalue weighted by atomic mass is 79.9. The number of esters is 1. The van der Waals surface area contributed by atoms with Crippen molar-refractivity contribution >= 4 is 21.9 Å². The maximum atomic E-state index is 11.6. The van der Waals surface area contributed by atoms with Crippen molar-refractivity contribution in [3.05, 3.63) is 0 Å². The van der Waals surface area contributed by atoms with E-state index in [2.05, 4.69) is 29.8 Å². The second-order valence-corrected chi connectivity index (χ2v) is 5.89. The fourth-order valence-electron chi connectivity index (χ4n) is 2.31. The fraction of sp³-hybridized carbons (Fsp3) is 0.923. The van der Waals surface area contributed by atoms with Crippen LogP contribution in [-0.2, 0) is 14.3 Å². The second-order valence-electron chi connectivity index (χ2n) is 4.71. The normalized spacial score (nSPS) is 30.2. The van der Waals surface area contributed by atoms with Gasteiger partial charge in [-0.25, -0.2) is 0 Å². The fourth-order valence-corrected chi connectivity index (χ4v) is 3.11. The summed E-state index contributed by atoms with van der Waals surface area (Å²) in [6.45, 7) is 6.55. The van der Waals surface area contributed by atoms with Crippen LogP contribution in [0.5, 0.6) is 0 Å². The standard InChI is InChI=1S/C13H23BrO3/c1-4-6-9(3)17-12-8-10(7-11(12)14)13(15)16-5-2/h9-12H,4-8H2,1-3H3. The molecule has 1 rings (SSSR count). The van der Waals surface area contributed by atoms with Crippen LogP contribution >= 0.6 is 15.9 Å². The molecule has 0 aliphatic heterocycles. The predicted molar refractivity (Wildman–Crippen MR) is 71.3 cm³/mol. The van der Waals surface area contributed by atoms with Crippen LogP contribution in [0.2, 0.25) is 0 Å². The maximum Gasteiger partial charge on any atom is 0.309 e. The van der Waals surface area contributed by atoms with Gasteiger partial charge in [-0.15, -0.1) is 0 Å². The molecule has 1 saturated carbocycles. The molecule has 4 heteroatoms. The van der Waals surface area contributed by atoms with E-state index < -0.39 is 0 Å². The topological polar surface area (TPSA) is 35.5 Å². The maximum absolute atomic E-state index is 11.6. The van der Waals surface area contributed by atoms with Gasteiger partial charge >= 0.3 is 5.97 Å². The van der Waals surface area contributed by atoms with Gasteiger partial charge in [-0.05, 0) is 33.1 Å². The number of alkyl halides is 1. The summed E-state index contributed by atoms with van der Waals surface area (Å²) in [4.78, 5) is 11.9. The monoisotopic (exact) mass is 306 g/mol. The van der Waals surface area contributed by atoms with Gasteiger partial charge in [-0.3, -0.25) is 4.79 Å². The van der Waals surface area contributed by atoms with Gasteiger partial charge < -0.3 is 9.47 Å². The number of hydrogen-bond donors (Lipinski definition) is 0. The van der Waals surface area contributed by atoms with Gasteiger partial charge in [0.1, 0.15) is 0 Å². The predicted octanol–water partition coefficient (Wildman–Crippen LogP) is 3.30.